The fraction of sp³-hybridized carbons (Fsp3) is 0.917. The fourth-order valence-electron chi connectivity index (χ4n) is 2.27. The zero-order valence-corrected chi connectivity index (χ0v) is 10.8. The molecule has 0 aliphatic carbocycles. The molecule has 1 aliphatic heterocycles. The van der Waals surface area contributed by atoms with E-state index in [-0.39, 0.29) is 0 Å². The van der Waals surface area contributed by atoms with Crippen molar-refractivity contribution in [2.24, 2.45) is 0 Å². The first-order chi connectivity index (χ1) is 8.28. The van der Waals surface area contributed by atoms with E-state index in [4.69, 9.17) is 0 Å². The van der Waals surface area contributed by atoms with Crippen LogP contribution in [-0.2, 0) is 0 Å². The predicted molar refractivity (Wildman–Crippen MR) is 63.0 cm³/mol. The highest BCUT2D eigenvalue weighted by Crippen LogP contribution is 2.24. The number of rotatable bonds is 3. The van der Waals surface area contributed by atoms with Gasteiger partial charge < -0.3 is 4.90 Å². The van der Waals surface area contributed by atoms with Crippen molar-refractivity contribution in [2.75, 3.05) is 19.6 Å². The zero-order valence-electron chi connectivity index (χ0n) is 10.8. The van der Waals surface area contributed by atoms with Crippen LogP contribution >= 0.6 is 0 Å². The summed E-state index contributed by atoms with van der Waals surface area (Å²) in [4.78, 5) is 2.20. The molecule has 0 radical (unpaired) electrons. The molecule has 0 aromatic heterocycles. The van der Waals surface area contributed by atoms with Crippen LogP contribution in [0.2, 0.25) is 0 Å². The molecule has 1 fully saturated rings. The van der Waals surface area contributed by atoms with Crippen molar-refractivity contribution in [1.82, 2.24) is 10.2 Å². The molecule has 3 nitrogen and oxygen atoms in total. The number of alkyl halides is 3. The summed E-state index contributed by atoms with van der Waals surface area (Å²) in [7, 11) is 0. The van der Waals surface area contributed by atoms with Gasteiger partial charge in [0.15, 0.2) is 0 Å². The van der Waals surface area contributed by atoms with Crippen LogP contribution in [0.5, 0.6) is 0 Å². The Morgan fingerprint density at radius 3 is 2.50 bits per heavy atom. The van der Waals surface area contributed by atoms with E-state index in [1.165, 1.54) is 0 Å². The van der Waals surface area contributed by atoms with Crippen molar-refractivity contribution in [2.45, 2.75) is 50.9 Å². The van der Waals surface area contributed by atoms with Gasteiger partial charge in [-0.3, -0.25) is 5.32 Å². The molecule has 1 rings (SSSR count). The van der Waals surface area contributed by atoms with Crippen molar-refractivity contribution < 1.29 is 13.2 Å². The number of nitrogens with one attached hydrogen (secondary N) is 1. The van der Waals surface area contributed by atoms with Gasteiger partial charge in [-0.25, -0.2) is 0 Å². The van der Waals surface area contributed by atoms with E-state index >= 15 is 0 Å². The Morgan fingerprint density at radius 2 is 2.00 bits per heavy atom. The molecule has 1 saturated heterocycles. The van der Waals surface area contributed by atoms with Crippen molar-refractivity contribution in [3.63, 3.8) is 0 Å². The second kappa shape index (κ2) is 5.89. The van der Waals surface area contributed by atoms with Crippen LogP contribution in [0.1, 0.15) is 33.1 Å². The molecular formula is C12H20F3N3. The Morgan fingerprint density at radius 1 is 1.33 bits per heavy atom. The summed E-state index contributed by atoms with van der Waals surface area (Å²) in [5, 5.41) is 11.6. The molecule has 1 N–H and O–H groups in total. The summed E-state index contributed by atoms with van der Waals surface area (Å²) in [5.74, 6) is 0. The predicted octanol–water partition coefficient (Wildman–Crippen LogP) is 2.29. The average Bonchev–Trinajstić information content (AvgIpc) is 2.48. The minimum absolute atomic E-state index is 0.363. The highest BCUT2D eigenvalue weighted by molar-refractivity contribution is 5.08. The summed E-state index contributed by atoms with van der Waals surface area (Å²) in [5.41, 5.74) is -1.03. The topological polar surface area (TPSA) is 39.1 Å². The maximum atomic E-state index is 12.2. The summed E-state index contributed by atoms with van der Waals surface area (Å²) in [6, 6.07) is 2.41. The van der Waals surface area contributed by atoms with Gasteiger partial charge in [-0.15, -0.1) is 0 Å². The van der Waals surface area contributed by atoms with Gasteiger partial charge in [0.25, 0.3) is 0 Å². The van der Waals surface area contributed by atoms with Gasteiger partial charge in [0.1, 0.15) is 5.54 Å². The highest BCUT2D eigenvalue weighted by atomic mass is 19.4. The summed E-state index contributed by atoms with van der Waals surface area (Å²) < 4.78 is 36.7. The standard InChI is InChI=1S/C12H20F3N3/c1-10(2)18-6-3-4-11(8-16,5-7-18)17-9-12(13,14)15/h10,17H,3-7,9H2,1-2H3. The van der Waals surface area contributed by atoms with Crippen LogP contribution in [0.15, 0.2) is 0 Å². The summed E-state index contributed by atoms with van der Waals surface area (Å²) in [6.45, 7) is 4.53. The Labute approximate surface area is 106 Å². The van der Waals surface area contributed by atoms with Gasteiger partial charge in [-0.1, -0.05) is 0 Å². The Kier molecular flexibility index (Phi) is 5.00. The lowest BCUT2D eigenvalue weighted by Crippen LogP contribution is -2.48. The van der Waals surface area contributed by atoms with E-state index in [0.717, 1.165) is 13.0 Å². The second-order valence-electron chi connectivity index (χ2n) is 5.15. The third-order valence-electron chi connectivity index (χ3n) is 3.45. The smallest absolute Gasteiger partial charge is 0.301 e. The molecule has 1 aliphatic rings. The van der Waals surface area contributed by atoms with Crippen LogP contribution < -0.4 is 5.32 Å². The quantitative estimate of drug-likeness (QED) is 0.849. The number of likely N-dealkylation sites (tertiary alicyclic amines) is 1. The van der Waals surface area contributed by atoms with Gasteiger partial charge >= 0.3 is 6.18 Å². The molecule has 0 amide bonds. The van der Waals surface area contributed by atoms with Crippen molar-refractivity contribution in [1.29, 1.82) is 5.26 Å². The number of nitrogens with zero attached hydrogens (tertiary/aromatic N) is 2. The fourth-order valence-corrected chi connectivity index (χ4v) is 2.27. The number of hydrogen-bond acceptors (Lipinski definition) is 3. The Hall–Kier alpha value is -0.800. The molecular weight excluding hydrogens is 243 g/mol. The van der Waals surface area contributed by atoms with E-state index < -0.39 is 18.3 Å². The zero-order chi connectivity index (χ0) is 13.8. The monoisotopic (exact) mass is 263 g/mol. The highest BCUT2D eigenvalue weighted by Gasteiger charge is 2.37. The van der Waals surface area contributed by atoms with Crippen molar-refractivity contribution >= 4 is 0 Å². The molecule has 0 aromatic carbocycles. The largest absolute Gasteiger partial charge is 0.401 e. The molecule has 1 heterocycles. The Balaban J connectivity index is 2.63. The van der Waals surface area contributed by atoms with Crippen LogP contribution in [0.4, 0.5) is 13.2 Å². The maximum Gasteiger partial charge on any atom is 0.401 e. The second-order valence-corrected chi connectivity index (χ2v) is 5.15. The molecule has 104 valence electrons. The molecule has 0 saturated carbocycles. The first kappa shape index (κ1) is 15.3. The molecule has 6 heteroatoms. The summed E-state index contributed by atoms with van der Waals surface area (Å²) >= 11 is 0. The third-order valence-corrected chi connectivity index (χ3v) is 3.45. The van der Waals surface area contributed by atoms with Gasteiger partial charge in [-0.05, 0) is 39.7 Å². The van der Waals surface area contributed by atoms with Gasteiger partial charge in [0, 0.05) is 12.6 Å². The average molecular weight is 263 g/mol. The van der Waals surface area contributed by atoms with Crippen LogP contribution in [0.25, 0.3) is 0 Å². The first-order valence-corrected chi connectivity index (χ1v) is 6.25. The first-order valence-electron chi connectivity index (χ1n) is 6.25. The van der Waals surface area contributed by atoms with E-state index in [1.807, 2.05) is 0 Å². The third kappa shape index (κ3) is 4.46. The maximum absolute atomic E-state index is 12.2. The molecule has 1 atom stereocenters. The molecule has 0 aromatic rings. The van der Waals surface area contributed by atoms with Crippen molar-refractivity contribution in [3.05, 3.63) is 0 Å². The molecule has 0 spiro atoms. The van der Waals surface area contributed by atoms with E-state index in [9.17, 15) is 18.4 Å². The van der Waals surface area contributed by atoms with E-state index in [1.54, 1.807) is 0 Å². The number of hydrogen-bond donors (Lipinski definition) is 1. The van der Waals surface area contributed by atoms with E-state index in [0.29, 0.717) is 25.4 Å². The van der Waals surface area contributed by atoms with Gasteiger partial charge in [0.05, 0.1) is 12.6 Å². The number of nitriles is 1. The summed E-state index contributed by atoms with van der Waals surface area (Å²) in [6.07, 6.45) is -2.61. The Bertz CT molecular complexity index is 309. The van der Waals surface area contributed by atoms with Gasteiger partial charge in [0.2, 0.25) is 0 Å². The normalized spacial score (nSPS) is 26.9. The van der Waals surface area contributed by atoms with Gasteiger partial charge in [-0.2, -0.15) is 18.4 Å². The molecule has 18 heavy (non-hydrogen) atoms. The minimum atomic E-state index is -4.27. The SMILES string of the molecule is CC(C)N1CCCC(C#N)(NCC(F)(F)F)CC1. The molecule has 0 bridgehead atoms. The van der Waals surface area contributed by atoms with Crippen LogP contribution in [0, 0.1) is 11.3 Å². The van der Waals surface area contributed by atoms with Crippen molar-refractivity contribution in [3.8, 4) is 6.07 Å². The minimum Gasteiger partial charge on any atom is -0.301 e. The van der Waals surface area contributed by atoms with Crippen LogP contribution in [-0.4, -0.2) is 42.3 Å². The number of halogens is 3. The lowest BCUT2D eigenvalue weighted by atomic mass is 9.92. The van der Waals surface area contributed by atoms with E-state index in [2.05, 4.69) is 30.1 Å². The lowest BCUT2D eigenvalue weighted by Gasteiger charge is -2.28. The lowest BCUT2D eigenvalue weighted by molar-refractivity contribution is -0.127. The van der Waals surface area contributed by atoms with Crippen LogP contribution in [0.3, 0.4) is 0 Å². The molecule has 1 unspecified atom stereocenters.